The van der Waals surface area contributed by atoms with Crippen LogP contribution >= 0.6 is 11.8 Å². The van der Waals surface area contributed by atoms with E-state index in [9.17, 15) is 0 Å². The zero-order valence-corrected chi connectivity index (χ0v) is 18.3. The van der Waals surface area contributed by atoms with Gasteiger partial charge in [-0.05, 0) is 43.2 Å². The lowest BCUT2D eigenvalue weighted by atomic mass is 10.1. The van der Waals surface area contributed by atoms with Gasteiger partial charge >= 0.3 is 0 Å². The fourth-order valence-corrected chi connectivity index (χ4v) is 2.97. The Morgan fingerprint density at radius 2 is 1.90 bits per heavy atom. The summed E-state index contributed by atoms with van der Waals surface area (Å²) in [5.74, 6) is 1.14. The third-order valence-electron chi connectivity index (χ3n) is 4.29. The Bertz CT molecular complexity index is 1120. The average Bonchev–Trinajstić information content (AvgIpc) is 3.15. The summed E-state index contributed by atoms with van der Waals surface area (Å²) < 4.78 is 5.38. The van der Waals surface area contributed by atoms with Crippen molar-refractivity contribution in [2.24, 2.45) is 0 Å². The van der Waals surface area contributed by atoms with Gasteiger partial charge in [-0.3, -0.25) is 0 Å². The summed E-state index contributed by atoms with van der Waals surface area (Å²) in [7, 11) is 1.60. The number of para-hydroxylation sites is 1. The van der Waals surface area contributed by atoms with Crippen molar-refractivity contribution in [3.8, 4) is 17.0 Å². The highest BCUT2D eigenvalue weighted by Gasteiger charge is 2.12. The lowest BCUT2D eigenvalue weighted by Crippen LogP contribution is -2.02. The molecule has 162 valence electrons. The van der Waals surface area contributed by atoms with Gasteiger partial charge in [-0.25, -0.2) is 9.97 Å². The molecule has 0 aliphatic heterocycles. The topological polar surface area (TPSA) is 120 Å². The number of nitrogens with two attached hydrogens (primary N) is 1. The number of hydrogen-bond donors (Lipinski definition) is 3. The number of methoxy groups -OCH3 is 1. The van der Waals surface area contributed by atoms with Crippen molar-refractivity contribution in [1.82, 2.24) is 15.0 Å². The number of nitrogens with zero attached hydrogens (tertiary/aromatic N) is 2. The predicted molar refractivity (Wildman–Crippen MR) is 132 cm³/mol. The van der Waals surface area contributed by atoms with Crippen LogP contribution in [0.5, 0.6) is 5.75 Å². The van der Waals surface area contributed by atoms with E-state index in [1.165, 1.54) is 0 Å². The zero-order chi connectivity index (χ0) is 20.8. The molecule has 0 radical (unpaired) electrons. The maximum absolute atomic E-state index is 5.81. The van der Waals surface area contributed by atoms with Crippen LogP contribution in [0.2, 0.25) is 0 Å². The van der Waals surface area contributed by atoms with E-state index in [0.717, 1.165) is 33.4 Å². The first kappa shape index (κ1) is 23.1. The van der Waals surface area contributed by atoms with E-state index in [4.69, 9.17) is 15.5 Å². The molecule has 7 nitrogen and oxygen atoms in total. The van der Waals surface area contributed by atoms with Gasteiger partial charge in [0.25, 0.3) is 0 Å². The molecule has 30 heavy (non-hydrogen) atoms. The van der Waals surface area contributed by atoms with Gasteiger partial charge in [0, 0.05) is 43.5 Å². The quantitative estimate of drug-likeness (QED) is 0.396. The highest BCUT2D eigenvalue weighted by molar-refractivity contribution is 7.97. The summed E-state index contributed by atoms with van der Waals surface area (Å²) in [6.45, 7) is 2.00. The molecule has 0 saturated carbocycles. The summed E-state index contributed by atoms with van der Waals surface area (Å²) in [4.78, 5) is 12.4. The molecule has 4 aromatic rings. The first-order chi connectivity index (χ1) is 14.1. The molecule has 4 rings (SSSR count). The molecule has 0 unspecified atom stereocenters. The number of hydrogen-bond acceptors (Lipinski definition) is 6. The number of thioether (sulfide) groups is 1. The first-order valence-corrected chi connectivity index (χ1v) is 10.7. The van der Waals surface area contributed by atoms with Gasteiger partial charge in [-0.2, -0.15) is 11.8 Å². The molecule has 0 bridgehead atoms. The van der Waals surface area contributed by atoms with Crippen LogP contribution in [-0.2, 0) is 0 Å². The van der Waals surface area contributed by atoms with E-state index < -0.39 is 0 Å². The van der Waals surface area contributed by atoms with E-state index in [2.05, 4.69) is 21.4 Å². The molecule has 0 spiro atoms. The maximum Gasteiger partial charge on any atom is 0.227 e. The molecule has 2 aromatic heterocycles. The Balaban J connectivity index is 0.00000152. The number of rotatable bonds is 4. The van der Waals surface area contributed by atoms with Crippen LogP contribution in [0.3, 0.4) is 0 Å². The molecular formula is C22H31N5O2S. The van der Waals surface area contributed by atoms with Gasteiger partial charge < -0.3 is 26.2 Å². The number of fused-ring (bicyclic) bond motifs is 1. The Morgan fingerprint density at radius 1 is 1.17 bits per heavy atom. The summed E-state index contributed by atoms with van der Waals surface area (Å²) >= 11 is 1.75. The van der Waals surface area contributed by atoms with E-state index >= 15 is 0 Å². The van der Waals surface area contributed by atoms with Crippen LogP contribution in [0.4, 0.5) is 17.3 Å². The van der Waals surface area contributed by atoms with E-state index in [1.807, 2.05) is 56.1 Å². The second kappa shape index (κ2) is 10.5. The van der Waals surface area contributed by atoms with E-state index in [0.29, 0.717) is 17.4 Å². The molecular weight excluding hydrogens is 398 g/mol. The second-order valence-electron chi connectivity index (χ2n) is 6.47. The van der Waals surface area contributed by atoms with Crippen molar-refractivity contribution in [1.29, 1.82) is 0 Å². The van der Waals surface area contributed by atoms with Crippen LogP contribution in [0.25, 0.3) is 22.2 Å². The molecule has 0 atom stereocenters. The molecule has 0 saturated heterocycles. The van der Waals surface area contributed by atoms with Crippen LogP contribution in [0.1, 0.15) is 8.42 Å². The fourth-order valence-electron chi connectivity index (χ4n) is 2.97. The number of aromatic amines is 1. The van der Waals surface area contributed by atoms with Crippen LogP contribution in [-0.4, -0.2) is 40.0 Å². The summed E-state index contributed by atoms with van der Waals surface area (Å²) in [6, 6.07) is 13.6. The Morgan fingerprint density at radius 3 is 2.63 bits per heavy atom. The third kappa shape index (κ3) is 5.03. The minimum atomic E-state index is 0. The minimum absolute atomic E-state index is 0. The second-order valence-corrected chi connectivity index (χ2v) is 7.28. The normalized spacial score (nSPS) is 10.0. The number of aryl methyl sites for hydroxylation is 1. The summed E-state index contributed by atoms with van der Waals surface area (Å²) in [6.07, 6.45) is 7.88. The van der Waals surface area contributed by atoms with Crippen molar-refractivity contribution in [2.75, 3.05) is 30.7 Å². The van der Waals surface area contributed by atoms with E-state index in [-0.39, 0.29) is 8.33 Å². The van der Waals surface area contributed by atoms with Crippen molar-refractivity contribution in [3.63, 3.8) is 0 Å². The molecule has 0 fully saturated rings. The monoisotopic (exact) mass is 429 g/mol. The highest BCUT2D eigenvalue weighted by Crippen LogP contribution is 2.32. The molecule has 0 aliphatic carbocycles. The fraction of sp³-hybridized carbons (Fsp3) is 0.182. The molecule has 2 heterocycles. The largest absolute Gasteiger partial charge is 0.494 e. The lowest BCUT2D eigenvalue weighted by molar-refractivity contribution is 0.417. The van der Waals surface area contributed by atoms with Crippen molar-refractivity contribution < 1.29 is 13.1 Å². The van der Waals surface area contributed by atoms with Gasteiger partial charge in [0.2, 0.25) is 5.95 Å². The molecule has 2 aromatic carbocycles. The standard InChI is InChI=1S/C20H19N5O.C2H6S.H2O.2H2/c1-12-10-23-20(24-17-8-7-13(21)9-18(17)26-2)25-19(12)15-11-22-16-6-4-3-5-14(15)16;1-3-2;;;/h3-11,22H,21H2,1-2H3,(H,23,24,25);1-2H3;1H2;2*1H. The number of ether oxygens (including phenoxy) is 1. The van der Waals surface area contributed by atoms with Crippen molar-refractivity contribution in [2.45, 2.75) is 6.92 Å². The SMILES string of the molecule is COc1cc(N)ccc1Nc1ncc(C)c(-c2c[nH]c3ccccc23)n1.CSC.O.[HH].[HH]. The minimum Gasteiger partial charge on any atom is -0.494 e. The van der Waals surface area contributed by atoms with Crippen molar-refractivity contribution >= 4 is 40.0 Å². The van der Waals surface area contributed by atoms with E-state index in [1.54, 1.807) is 31.0 Å². The number of anilines is 3. The number of aromatic nitrogens is 3. The van der Waals surface area contributed by atoms with Gasteiger partial charge in [0.05, 0.1) is 18.5 Å². The third-order valence-corrected chi connectivity index (χ3v) is 4.29. The summed E-state index contributed by atoms with van der Waals surface area (Å²) in [5, 5.41) is 4.35. The maximum atomic E-state index is 5.81. The molecule has 6 N–H and O–H groups in total. The molecule has 0 amide bonds. The zero-order valence-electron chi connectivity index (χ0n) is 17.5. The van der Waals surface area contributed by atoms with Crippen molar-refractivity contribution in [3.05, 3.63) is 60.4 Å². The number of H-pyrrole nitrogens is 1. The lowest BCUT2D eigenvalue weighted by Gasteiger charge is -2.12. The average molecular weight is 430 g/mol. The van der Waals surface area contributed by atoms with Gasteiger partial charge in [-0.15, -0.1) is 0 Å². The first-order valence-electron chi connectivity index (χ1n) is 9.08. The van der Waals surface area contributed by atoms with Crippen LogP contribution in [0.15, 0.2) is 54.9 Å². The highest BCUT2D eigenvalue weighted by atomic mass is 32.2. The Hall–Kier alpha value is -3.23. The van der Waals surface area contributed by atoms with Crippen LogP contribution in [0, 0.1) is 6.92 Å². The predicted octanol–water partition coefficient (Wildman–Crippen LogP) is 4.91. The number of benzene rings is 2. The Labute approximate surface area is 183 Å². The smallest absolute Gasteiger partial charge is 0.227 e. The molecule has 0 aliphatic rings. The van der Waals surface area contributed by atoms with Gasteiger partial charge in [0.15, 0.2) is 0 Å². The van der Waals surface area contributed by atoms with Gasteiger partial charge in [-0.1, -0.05) is 18.2 Å². The van der Waals surface area contributed by atoms with Crippen LogP contribution < -0.4 is 15.8 Å². The molecule has 8 heteroatoms. The van der Waals surface area contributed by atoms with Gasteiger partial charge in [0.1, 0.15) is 5.75 Å². The summed E-state index contributed by atoms with van der Waals surface area (Å²) in [5.41, 5.74) is 11.2. The number of nitrogens with one attached hydrogen (secondary N) is 2. The number of nitrogen functional groups attached to an aromatic ring is 1. The Kier molecular flexibility index (Phi) is 8.08.